The average Bonchev–Trinajstić information content (AvgIpc) is 3.20. The minimum Gasteiger partial charge on any atom is -0.481 e. The molecule has 2 fully saturated rings. The lowest BCUT2D eigenvalue weighted by Gasteiger charge is -2.17. The zero-order valence-electron chi connectivity index (χ0n) is 12.2. The van der Waals surface area contributed by atoms with Crippen LogP contribution in [0.5, 0.6) is 11.9 Å². The van der Waals surface area contributed by atoms with Gasteiger partial charge in [0.05, 0.1) is 26.1 Å². The van der Waals surface area contributed by atoms with E-state index in [1.807, 2.05) is 0 Å². The summed E-state index contributed by atoms with van der Waals surface area (Å²) in [6, 6.07) is 1.54. The Kier molecular flexibility index (Phi) is 2.72. The zero-order valence-corrected chi connectivity index (χ0v) is 12.2. The molecule has 7 nitrogen and oxygen atoms in total. The van der Waals surface area contributed by atoms with Crippen molar-refractivity contribution in [1.29, 1.82) is 0 Å². The van der Waals surface area contributed by atoms with Crippen molar-refractivity contribution in [1.82, 2.24) is 9.97 Å². The molecule has 1 saturated heterocycles. The number of amides is 2. The highest BCUT2D eigenvalue weighted by Crippen LogP contribution is 2.53. The molecule has 2 bridgehead atoms. The van der Waals surface area contributed by atoms with E-state index in [0.29, 0.717) is 0 Å². The second-order valence-corrected chi connectivity index (χ2v) is 5.77. The number of nitrogens with zero attached hydrogens (tertiary/aromatic N) is 3. The van der Waals surface area contributed by atoms with E-state index < -0.39 is 0 Å². The molecule has 1 aromatic rings. The highest BCUT2D eigenvalue weighted by molar-refractivity contribution is 6.22. The summed E-state index contributed by atoms with van der Waals surface area (Å²) in [7, 11) is 2.88. The molecule has 2 aliphatic carbocycles. The molecule has 1 aliphatic heterocycles. The van der Waals surface area contributed by atoms with E-state index >= 15 is 0 Å². The molecule has 114 valence electrons. The average molecular weight is 301 g/mol. The van der Waals surface area contributed by atoms with Crippen LogP contribution in [0.2, 0.25) is 0 Å². The number of rotatable bonds is 3. The molecule has 2 heterocycles. The number of ether oxygens (including phenoxy) is 2. The van der Waals surface area contributed by atoms with E-state index in [9.17, 15) is 9.59 Å². The van der Waals surface area contributed by atoms with Gasteiger partial charge in [0.25, 0.3) is 0 Å². The Morgan fingerprint density at radius 2 is 1.68 bits per heavy atom. The highest BCUT2D eigenvalue weighted by atomic mass is 16.5. The molecular formula is C15H15N3O4. The van der Waals surface area contributed by atoms with Crippen LogP contribution in [0.3, 0.4) is 0 Å². The van der Waals surface area contributed by atoms with Gasteiger partial charge < -0.3 is 9.47 Å². The third-order valence-electron chi connectivity index (χ3n) is 4.76. The number of methoxy groups -OCH3 is 2. The first-order chi connectivity index (χ1) is 10.6. The number of carbonyl (C=O) groups excluding carboxylic acids is 2. The van der Waals surface area contributed by atoms with Crippen molar-refractivity contribution in [2.24, 2.45) is 23.7 Å². The number of hydrogen-bond acceptors (Lipinski definition) is 6. The smallest absolute Gasteiger partial charge is 0.321 e. The molecule has 3 aliphatic rings. The van der Waals surface area contributed by atoms with Crippen LogP contribution in [-0.2, 0) is 9.59 Å². The summed E-state index contributed by atoms with van der Waals surface area (Å²) in [6.07, 6.45) is 5.01. The van der Waals surface area contributed by atoms with E-state index in [0.717, 1.165) is 11.3 Å². The van der Waals surface area contributed by atoms with E-state index in [2.05, 4.69) is 22.1 Å². The van der Waals surface area contributed by atoms with Gasteiger partial charge in [0.1, 0.15) is 0 Å². The molecule has 0 radical (unpaired) electrons. The van der Waals surface area contributed by atoms with Gasteiger partial charge in [-0.1, -0.05) is 12.2 Å². The van der Waals surface area contributed by atoms with Crippen LogP contribution >= 0.6 is 0 Å². The van der Waals surface area contributed by atoms with Crippen molar-refractivity contribution in [3.8, 4) is 11.9 Å². The van der Waals surface area contributed by atoms with Gasteiger partial charge in [-0.15, -0.1) is 0 Å². The van der Waals surface area contributed by atoms with Crippen molar-refractivity contribution in [3.05, 3.63) is 18.2 Å². The van der Waals surface area contributed by atoms with Crippen LogP contribution < -0.4 is 14.4 Å². The third-order valence-corrected chi connectivity index (χ3v) is 4.76. The Morgan fingerprint density at radius 1 is 1.05 bits per heavy atom. The van der Waals surface area contributed by atoms with Gasteiger partial charge in [0, 0.05) is 6.07 Å². The Labute approximate surface area is 126 Å². The van der Waals surface area contributed by atoms with Crippen LogP contribution in [-0.4, -0.2) is 36.0 Å². The number of aromatic nitrogens is 2. The second-order valence-electron chi connectivity index (χ2n) is 5.77. The normalized spacial score (nSPS) is 31.8. The number of allylic oxidation sites excluding steroid dienone is 2. The van der Waals surface area contributed by atoms with Crippen LogP contribution in [0.15, 0.2) is 18.2 Å². The first kappa shape index (κ1) is 13.2. The predicted molar refractivity (Wildman–Crippen MR) is 75.3 cm³/mol. The maximum Gasteiger partial charge on any atom is 0.321 e. The molecule has 0 aromatic carbocycles. The van der Waals surface area contributed by atoms with Crippen molar-refractivity contribution in [2.75, 3.05) is 19.1 Å². The van der Waals surface area contributed by atoms with E-state index in [-0.39, 0.29) is 53.2 Å². The number of fused-ring (bicyclic) bond motifs is 5. The molecule has 0 unspecified atom stereocenters. The Balaban J connectivity index is 1.75. The fourth-order valence-electron chi connectivity index (χ4n) is 3.83. The maximum absolute atomic E-state index is 12.7. The van der Waals surface area contributed by atoms with Crippen molar-refractivity contribution >= 4 is 17.6 Å². The van der Waals surface area contributed by atoms with Crippen LogP contribution in [0.1, 0.15) is 6.42 Å². The lowest BCUT2D eigenvalue weighted by molar-refractivity contribution is -0.123. The number of anilines is 1. The monoisotopic (exact) mass is 301 g/mol. The summed E-state index contributed by atoms with van der Waals surface area (Å²) in [5.74, 6) is -0.0783. The summed E-state index contributed by atoms with van der Waals surface area (Å²) in [4.78, 5) is 34.7. The van der Waals surface area contributed by atoms with Gasteiger partial charge in [0.15, 0.2) is 5.82 Å². The fourth-order valence-corrected chi connectivity index (χ4v) is 3.83. The Bertz CT molecular complexity index is 650. The third kappa shape index (κ3) is 1.62. The van der Waals surface area contributed by atoms with Crippen molar-refractivity contribution in [2.45, 2.75) is 6.42 Å². The quantitative estimate of drug-likeness (QED) is 0.607. The first-order valence-electron chi connectivity index (χ1n) is 7.17. The summed E-state index contributed by atoms with van der Waals surface area (Å²) < 4.78 is 10.1. The van der Waals surface area contributed by atoms with Crippen LogP contribution in [0.4, 0.5) is 5.82 Å². The molecule has 1 aromatic heterocycles. The standard InChI is InChI=1S/C15H15N3O4/c1-21-10-6-9(16-15(17-10)22-2)18-13(19)11-7-3-4-8(5-7)12(11)14(18)20/h3-4,6-8,11-12H,5H2,1-2H3/t7-,8-,11-,12-/m0/s1. The van der Waals surface area contributed by atoms with Gasteiger partial charge in [-0.25, -0.2) is 4.90 Å². The minimum atomic E-state index is -0.255. The summed E-state index contributed by atoms with van der Waals surface area (Å²) in [5.41, 5.74) is 0. The summed E-state index contributed by atoms with van der Waals surface area (Å²) >= 11 is 0. The lowest BCUT2D eigenvalue weighted by atomic mass is 9.85. The Hall–Kier alpha value is -2.44. The molecule has 0 spiro atoms. The zero-order chi connectivity index (χ0) is 15.4. The molecule has 22 heavy (non-hydrogen) atoms. The van der Waals surface area contributed by atoms with E-state index in [4.69, 9.17) is 9.47 Å². The van der Waals surface area contributed by atoms with Crippen molar-refractivity contribution in [3.63, 3.8) is 0 Å². The molecule has 4 atom stereocenters. The number of carbonyl (C=O) groups is 2. The van der Waals surface area contributed by atoms with Crippen LogP contribution in [0, 0.1) is 23.7 Å². The molecule has 7 heteroatoms. The van der Waals surface area contributed by atoms with Gasteiger partial charge >= 0.3 is 6.01 Å². The van der Waals surface area contributed by atoms with Crippen molar-refractivity contribution < 1.29 is 19.1 Å². The fraction of sp³-hybridized carbons (Fsp3) is 0.467. The highest BCUT2D eigenvalue weighted by Gasteiger charge is 2.60. The predicted octanol–water partition coefficient (Wildman–Crippen LogP) is 0.805. The van der Waals surface area contributed by atoms with Gasteiger partial charge in [-0.05, 0) is 18.3 Å². The molecule has 0 N–H and O–H groups in total. The first-order valence-corrected chi connectivity index (χ1v) is 7.17. The SMILES string of the molecule is COc1cc(N2C(=O)[C@@H]3[C@@H](C2=O)[C@H]2C=C[C@H]3C2)nc(OC)n1. The summed E-state index contributed by atoms with van der Waals surface area (Å²) in [5, 5.41) is 0. The number of imide groups is 1. The van der Waals surface area contributed by atoms with Gasteiger partial charge in [-0.2, -0.15) is 9.97 Å². The summed E-state index contributed by atoms with van der Waals surface area (Å²) in [6.45, 7) is 0. The lowest BCUT2D eigenvalue weighted by Crippen LogP contribution is -2.33. The van der Waals surface area contributed by atoms with E-state index in [1.165, 1.54) is 20.3 Å². The molecule has 4 rings (SSSR count). The van der Waals surface area contributed by atoms with E-state index in [1.54, 1.807) is 0 Å². The van der Waals surface area contributed by atoms with Crippen LogP contribution in [0.25, 0.3) is 0 Å². The maximum atomic E-state index is 12.7. The molecule has 2 amide bonds. The van der Waals surface area contributed by atoms with Gasteiger partial charge in [-0.3, -0.25) is 9.59 Å². The molecular weight excluding hydrogens is 286 g/mol. The largest absolute Gasteiger partial charge is 0.481 e. The minimum absolute atomic E-state index is 0.0631. The second kappa shape index (κ2) is 4.53. The topological polar surface area (TPSA) is 81.6 Å². The number of hydrogen-bond donors (Lipinski definition) is 0. The Morgan fingerprint density at radius 3 is 2.23 bits per heavy atom. The molecule has 1 saturated carbocycles. The van der Waals surface area contributed by atoms with Gasteiger partial charge in [0.2, 0.25) is 17.7 Å².